The quantitative estimate of drug-likeness (QED) is 0.816. The van der Waals surface area contributed by atoms with Crippen LogP contribution in [0.4, 0.5) is 5.69 Å². The third-order valence-electron chi connectivity index (χ3n) is 3.51. The number of aromatic hydroxyl groups is 1. The van der Waals surface area contributed by atoms with Crippen molar-refractivity contribution in [2.45, 2.75) is 25.3 Å². The molecule has 1 heterocycles. The summed E-state index contributed by atoms with van der Waals surface area (Å²) < 4.78 is 0. The topological polar surface area (TPSA) is 45.1 Å². The Bertz CT molecular complexity index is 583. The highest BCUT2D eigenvalue weighted by Crippen LogP contribution is 2.34. The molecule has 1 unspecified atom stereocenters. The predicted molar refractivity (Wildman–Crippen MR) is 76.7 cm³/mol. The highest BCUT2D eigenvalue weighted by atomic mass is 35.5. The van der Waals surface area contributed by atoms with Crippen LogP contribution in [0.1, 0.15) is 30.0 Å². The van der Waals surface area contributed by atoms with Crippen LogP contribution in [0.25, 0.3) is 0 Å². The van der Waals surface area contributed by atoms with E-state index in [1.54, 1.807) is 18.3 Å². The summed E-state index contributed by atoms with van der Waals surface area (Å²) in [5, 5.41) is 13.6. The fourth-order valence-corrected chi connectivity index (χ4v) is 2.71. The lowest BCUT2D eigenvalue weighted by Crippen LogP contribution is -2.17. The first-order valence-electron chi connectivity index (χ1n) is 6.42. The molecule has 0 bridgehead atoms. The maximum atomic E-state index is 9.65. The molecule has 4 heteroatoms. The number of nitrogens with one attached hydrogen (secondary N) is 1. The van der Waals surface area contributed by atoms with Crippen LogP contribution in [0.5, 0.6) is 5.75 Å². The van der Waals surface area contributed by atoms with Gasteiger partial charge in [-0.2, -0.15) is 0 Å². The molecule has 0 amide bonds. The second-order valence-electron chi connectivity index (χ2n) is 4.84. The molecule has 3 nitrogen and oxygen atoms in total. The van der Waals surface area contributed by atoms with Crippen LogP contribution in [0.3, 0.4) is 0 Å². The van der Waals surface area contributed by atoms with Crippen molar-refractivity contribution in [3.63, 3.8) is 0 Å². The Morgan fingerprint density at radius 3 is 2.95 bits per heavy atom. The molecular weight excluding hydrogens is 260 g/mol. The Morgan fingerprint density at radius 2 is 2.16 bits per heavy atom. The molecular formula is C15H15ClN2O. The van der Waals surface area contributed by atoms with E-state index in [1.807, 2.05) is 18.2 Å². The first-order valence-corrected chi connectivity index (χ1v) is 6.80. The molecule has 0 fully saturated rings. The van der Waals surface area contributed by atoms with Gasteiger partial charge in [0.1, 0.15) is 10.9 Å². The molecule has 19 heavy (non-hydrogen) atoms. The summed E-state index contributed by atoms with van der Waals surface area (Å²) in [6.45, 7) is 0. The minimum absolute atomic E-state index is 0.221. The number of anilines is 1. The fraction of sp³-hybridized carbons (Fsp3) is 0.267. The molecule has 1 aromatic heterocycles. The molecule has 0 aliphatic heterocycles. The Labute approximate surface area is 117 Å². The van der Waals surface area contributed by atoms with Crippen molar-refractivity contribution in [1.29, 1.82) is 0 Å². The minimum atomic E-state index is 0.221. The third-order valence-corrected chi connectivity index (χ3v) is 3.74. The fourth-order valence-electron chi connectivity index (χ4n) is 2.60. The summed E-state index contributed by atoms with van der Waals surface area (Å²) in [7, 11) is 0. The first-order chi connectivity index (χ1) is 9.22. The largest absolute Gasteiger partial charge is 0.508 e. The highest BCUT2D eigenvalue weighted by Gasteiger charge is 2.20. The summed E-state index contributed by atoms with van der Waals surface area (Å²) >= 11 is 5.78. The smallest absolute Gasteiger partial charge is 0.129 e. The van der Waals surface area contributed by atoms with Gasteiger partial charge in [0.25, 0.3) is 0 Å². The van der Waals surface area contributed by atoms with E-state index in [1.165, 1.54) is 11.1 Å². The highest BCUT2D eigenvalue weighted by molar-refractivity contribution is 6.29. The molecule has 3 rings (SSSR count). The van der Waals surface area contributed by atoms with Crippen molar-refractivity contribution in [1.82, 2.24) is 4.98 Å². The second kappa shape index (κ2) is 5.10. The van der Waals surface area contributed by atoms with E-state index < -0.39 is 0 Å². The van der Waals surface area contributed by atoms with Crippen LogP contribution in [0.15, 0.2) is 36.5 Å². The molecule has 1 aliphatic carbocycles. The Kier molecular flexibility index (Phi) is 3.30. The number of hydrogen-bond donors (Lipinski definition) is 2. The number of nitrogens with zero attached hydrogens (tertiary/aromatic N) is 1. The summed E-state index contributed by atoms with van der Waals surface area (Å²) in [5.74, 6) is 0.321. The van der Waals surface area contributed by atoms with Gasteiger partial charge < -0.3 is 10.4 Å². The average Bonchev–Trinajstić information content (AvgIpc) is 2.42. The maximum Gasteiger partial charge on any atom is 0.129 e. The third kappa shape index (κ3) is 2.66. The van der Waals surface area contributed by atoms with E-state index in [0.29, 0.717) is 10.9 Å². The lowest BCUT2D eigenvalue weighted by molar-refractivity contribution is 0.471. The number of fused-ring (bicyclic) bond motifs is 1. The number of benzene rings is 1. The van der Waals surface area contributed by atoms with E-state index in [9.17, 15) is 5.11 Å². The molecule has 2 aromatic rings. The van der Waals surface area contributed by atoms with Crippen molar-refractivity contribution in [3.05, 3.63) is 52.8 Å². The standard InChI is InChI=1S/C15H15ClN2O/c16-15-7-5-11(9-17-15)18-14-3-1-2-10-4-6-12(19)8-13(10)14/h4-9,14,18-19H,1-3H2. The molecule has 0 saturated carbocycles. The van der Waals surface area contributed by atoms with Crippen LogP contribution in [-0.2, 0) is 6.42 Å². The van der Waals surface area contributed by atoms with Crippen LogP contribution in [0, 0.1) is 0 Å². The van der Waals surface area contributed by atoms with E-state index in [2.05, 4.69) is 10.3 Å². The number of phenols is 1. The zero-order valence-corrected chi connectivity index (χ0v) is 11.2. The summed E-state index contributed by atoms with van der Waals surface area (Å²) in [6.07, 6.45) is 5.02. The molecule has 1 aromatic carbocycles. The maximum absolute atomic E-state index is 9.65. The zero-order chi connectivity index (χ0) is 13.2. The van der Waals surface area contributed by atoms with Gasteiger partial charge in [0, 0.05) is 0 Å². The van der Waals surface area contributed by atoms with Gasteiger partial charge in [-0.3, -0.25) is 0 Å². The lowest BCUT2D eigenvalue weighted by atomic mass is 9.87. The monoisotopic (exact) mass is 274 g/mol. The number of phenolic OH excluding ortho intramolecular Hbond substituents is 1. The molecule has 1 atom stereocenters. The van der Waals surface area contributed by atoms with E-state index in [-0.39, 0.29) is 6.04 Å². The van der Waals surface area contributed by atoms with Crippen molar-refractivity contribution in [2.75, 3.05) is 5.32 Å². The zero-order valence-electron chi connectivity index (χ0n) is 10.4. The van der Waals surface area contributed by atoms with Crippen molar-refractivity contribution in [3.8, 4) is 5.75 Å². The van der Waals surface area contributed by atoms with Crippen molar-refractivity contribution >= 4 is 17.3 Å². The van der Waals surface area contributed by atoms with E-state index in [4.69, 9.17) is 11.6 Å². The van der Waals surface area contributed by atoms with Gasteiger partial charge in [0.15, 0.2) is 0 Å². The molecule has 0 radical (unpaired) electrons. The summed E-state index contributed by atoms with van der Waals surface area (Å²) in [5.41, 5.74) is 3.44. The number of halogens is 1. The van der Waals surface area contributed by atoms with Crippen molar-refractivity contribution in [2.24, 2.45) is 0 Å². The molecule has 2 N–H and O–H groups in total. The van der Waals surface area contributed by atoms with Gasteiger partial charge >= 0.3 is 0 Å². The molecule has 98 valence electrons. The number of hydrogen-bond acceptors (Lipinski definition) is 3. The van der Waals surface area contributed by atoms with Crippen LogP contribution in [0.2, 0.25) is 5.15 Å². The number of aryl methyl sites for hydroxylation is 1. The number of rotatable bonds is 2. The first kappa shape index (κ1) is 12.3. The van der Waals surface area contributed by atoms with Gasteiger partial charge in [-0.25, -0.2) is 4.98 Å². The Hall–Kier alpha value is -1.74. The predicted octanol–water partition coefficient (Wildman–Crippen LogP) is 3.93. The van der Waals surface area contributed by atoms with E-state index >= 15 is 0 Å². The molecule has 0 saturated heterocycles. The normalized spacial score (nSPS) is 17.8. The Morgan fingerprint density at radius 1 is 1.26 bits per heavy atom. The van der Waals surface area contributed by atoms with Crippen LogP contribution < -0.4 is 5.32 Å². The summed E-state index contributed by atoms with van der Waals surface area (Å²) in [6, 6.07) is 9.54. The second-order valence-corrected chi connectivity index (χ2v) is 5.23. The van der Waals surface area contributed by atoms with Crippen LogP contribution in [-0.4, -0.2) is 10.1 Å². The van der Waals surface area contributed by atoms with E-state index in [0.717, 1.165) is 24.9 Å². The number of pyridine rings is 1. The SMILES string of the molecule is Oc1ccc2c(c1)C(Nc1ccc(Cl)nc1)CCC2. The molecule has 1 aliphatic rings. The van der Waals surface area contributed by atoms with Gasteiger partial charge in [0.05, 0.1) is 17.9 Å². The average molecular weight is 275 g/mol. The van der Waals surface area contributed by atoms with Gasteiger partial charge in [-0.05, 0) is 54.7 Å². The molecule has 0 spiro atoms. The minimum Gasteiger partial charge on any atom is -0.508 e. The van der Waals surface area contributed by atoms with Gasteiger partial charge in [-0.15, -0.1) is 0 Å². The van der Waals surface area contributed by atoms with Gasteiger partial charge in [0.2, 0.25) is 0 Å². The number of aromatic nitrogens is 1. The van der Waals surface area contributed by atoms with Gasteiger partial charge in [-0.1, -0.05) is 17.7 Å². The Balaban J connectivity index is 1.87. The van der Waals surface area contributed by atoms with Crippen LogP contribution >= 0.6 is 11.6 Å². The summed E-state index contributed by atoms with van der Waals surface area (Å²) in [4.78, 5) is 4.07. The lowest BCUT2D eigenvalue weighted by Gasteiger charge is -2.27. The van der Waals surface area contributed by atoms with Crippen molar-refractivity contribution < 1.29 is 5.11 Å².